The van der Waals surface area contributed by atoms with Crippen molar-refractivity contribution in [1.29, 1.82) is 0 Å². The predicted molar refractivity (Wildman–Crippen MR) is 73.5 cm³/mol. The summed E-state index contributed by atoms with van der Waals surface area (Å²) in [5.74, 6) is 0.0796. The number of carbonyl (C=O) groups excluding carboxylic acids is 1. The van der Waals surface area contributed by atoms with Gasteiger partial charge in [-0.05, 0) is 29.5 Å². The summed E-state index contributed by atoms with van der Waals surface area (Å²) in [5, 5.41) is 6.23. The Balaban J connectivity index is 2.20. The predicted octanol–water partition coefficient (Wildman–Crippen LogP) is 2.13. The van der Waals surface area contributed by atoms with Crippen molar-refractivity contribution in [2.24, 2.45) is 0 Å². The van der Waals surface area contributed by atoms with Gasteiger partial charge in [0, 0.05) is 6.54 Å². The van der Waals surface area contributed by atoms with Gasteiger partial charge in [0.25, 0.3) is 0 Å². The van der Waals surface area contributed by atoms with Gasteiger partial charge in [-0.15, -0.1) is 0 Å². The molecule has 1 aromatic carbocycles. The van der Waals surface area contributed by atoms with Crippen LogP contribution in [0.4, 0.5) is 0 Å². The second-order valence-corrected chi connectivity index (χ2v) is 5.90. The van der Waals surface area contributed by atoms with Crippen LogP contribution in [-0.4, -0.2) is 19.0 Å². The molecule has 0 aromatic heterocycles. The van der Waals surface area contributed by atoms with Gasteiger partial charge in [-0.25, -0.2) is 0 Å². The quantitative estimate of drug-likeness (QED) is 0.797. The average molecular weight is 246 g/mol. The Morgan fingerprint density at radius 2 is 1.78 bits per heavy atom. The average Bonchev–Trinajstić information content (AvgIpc) is 2.53. The van der Waals surface area contributed by atoms with Crippen LogP contribution in [0.15, 0.2) is 24.3 Å². The molecule has 3 heteroatoms. The lowest BCUT2D eigenvalue weighted by molar-refractivity contribution is -0.122. The summed E-state index contributed by atoms with van der Waals surface area (Å²) in [4.78, 5) is 11.9. The zero-order chi connectivity index (χ0) is 13.2. The van der Waals surface area contributed by atoms with Crippen molar-refractivity contribution < 1.29 is 4.79 Å². The van der Waals surface area contributed by atoms with Gasteiger partial charge in [-0.1, -0.05) is 45.0 Å². The molecule has 1 saturated heterocycles. The zero-order valence-electron chi connectivity index (χ0n) is 11.4. The smallest absolute Gasteiger partial charge is 0.241 e. The van der Waals surface area contributed by atoms with Gasteiger partial charge in [0.2, 0.25) is 5.91 Å². The summed E-state index contributed by atoms with van der Waals surface area (Å²) in [5.41, 5.74) is 2.49. The maximum atomic E-state index is 11.9. The molecule has 0 aliphatic carbocycles. The van der Waals surface area contributed by atoms with Crippen LogP contribution in [0.2, 0.25) is 0 Å². The topological polar surface area (TPSA) is 41.1 Å². The molecule has 1 heterocycles. The highest BCUT2D eigenvalue weighted by molar-refractivity contribution is 5.83. The normalized spacial score (nSPS) is 21.3. The van der Waals surface area contributed by atoms with Crippen LogP contribution in [0.1, 0.15) is 44.4 Å². The largest absolute Gasteiger partial charge is 0.354 e. The summed E-state index contributed by atoms with van der Waals surface area (Å²) in [6.07, 6.45) is 0.988. The van der Waals surface area contributed by atoms with Crippen molar-refractivity contribution in [2.45, 2.75) is 38.6 Å². The van der Waals surface area contributed by atoms with E-state index in [4.69, 9.17) is 0 Å². The van der Waals surface area contributed by atoms with Gasteiger partial charge in [0.1, 0.15) is 6.04 Å². The lowest BCUT2D eigenvalue weighted by atomic mass is 9.86. The highest BCUT2D eigenvalue weighted by atomic mass is 16.2. The minimum atomic E-state index is -0.207. The molecule has 1 fully saturated rings. The van der Waals surface area contributed by atoms with E-state index < -0.39 is 0 Å². The molecule has 2 rings (SSSR count). The third-order valence-corrected chi connectivity index (χ3v) is 3.37. The Bertz CT molecular complexity index is 417. The number of carbonyl (C=O) groups is 1. The number of hydrogen-bond acceptors (Lipinski definition) is 2. The van der Waals surface area contributed by atoms with Crippen LogP contribution >= 0.6 is 0 Å². The molecule has 1 atom stereocenters. The van der Waals surface area contributed by atoms with E-state index in [0.29, 0.717) is 0 Å². The molecule has 18 heavy (non-hydrogen) atoms. The molecule has 3 nitrogen and oxygen atoms in total. The molecule has 1 aromatic rings. The van der Waals surface area contributed by atoms with E-state index in [2.05, 4.69) is 55.7 Å². The first-order chi connectivity index (χ1) is 8.48. The Hall–Kier alpha value is -1.35. The van der Waals surface area contributed by atoms with Gasteiger partial charge in [-0.2, -0.15) is 0 Å². The van der Waals surface area contributed by atoms with Gasteiger partial charge < -0.3 is 10.6 Å². The highest BCUT2D eigenvalue weighted by Gasteiger charge is 2.22. The Morgan fingerprint density at radius 3 is 2.39 bits per heavy atom. The zero-order valence-corrected chi connectivity index (χ0v) is 11.4. The Labute approximate surface area is 109 Å². The summed E-state index contributed by atoms with van der Waals surface area (Å²) in [6, 6.07) is 8.15. The second kappa shape index (κ2) is 5.11. The van der Waals surface area contributed by atoms with E-state index in [1.165, 1.54) is 5.56 Å². The molecule has 0 bridgehead atoms. The maximum Gasteiger partial charge on any atom is 0.241 e. The third kappa shape index (κ3) is 2.91. The molecule has 0 radical (unpaired) electrons. The molecule has 1 unspecified atom stereocenters. The molecule has 1 aliphatic rings. The van der Waals surface area contributed by atoms with E-state index in [-0.39, 0.29) is 17.4 Å². The highest BCUT2D eigenvalue weighted by Crippen LogP contribution is 2.24. The van der Waals surface area contributed by atoms with Crippen molar-refractivity contribution in [3.05, 3.63) is 35.4 Å². The van der Waals surface area contributed by atoms with Gasteiger partial charge >= 0.3 is 0 Å². The van der Waals surface area contributed by atoms with Gasteiger partial charge in [-0.3, -0.25) is 4.79 Å². The molecule has 2 N–H and O–H groups in total. The van der Waals surface area contributed by atoms with Crippen LogP contribution in [-0.2, 0) is 10.2 Å². The van der Waals surface area contributed by atoms with Crippen LogP contribution in [0, 0.1) is 0 Å². The van der Waals surface area contributed by atoms with Gasteiger partial charge in [0.15, 0.2) is 0 Å². The van der Waals surface area contributed by atoms with Crippen LogP contribution in [0.3, 0.4) is 0 Å². The third-order valence-electron chi connectivity index (χ3n) is 3.37. The molecule has 0 saturated carbocycles. The maximum absolute atomic E-state index is 11.9. The first-order valence-electron chi connectivity index (χ1n) is 6.60. The number of amides is 1. The first kappa shape index (κ1) is 13.1. The fourth-order valence-corrected chi connectivity index (χ4v) is 2.19. The van der Waals surface area contributed by atoms with Crippen molar-refractivity contribution >= 4 is 5.91 Å². The van der Waals surface area contributed by atoms with Crippen molar-refractivity contribution in [3.63, 3.8) is 0 Å². The number of hydrogen-bond donors (Lipinski definition) is 2. The SMILES string of the molecule is CC(C)(C)c1ccc(C2NCCCNC2=O)cc1. The molecular formula is C15H22N2O. The van der Waals surface area contributed by atoms with Gasteiger partial charge in [0.05, 0.1) is 0 Å². The van der Waals surface area contributed by atoms with E-state index >= 15 is 0 Å². The Kier molecular flexibility index (Phi) is 3.71. The van der Waals surface area contributed by atoms with Crippen molar-refractivity contribution in [3.8, 4) is 0 Å². The van der Waals surface area contributed by atoms with E-state index in [1.54, 1.807) is 0 Å². The second-order valence-electron chi connectivity index (χ2n) is 5.90. The summed E-state index contributed by atoms with van der Waals surface area (Å²) >= 11 is 0. The minimum Gasteiger partial charge on any atom is -0.354 e. The fraction of sp³-hybridized carbons (Fsp3) is 0.533. The fourth-order valence-electron chi connectivity index (χ4n) is 2.19. The number of nitrogens with one attached hydrogen (secondary N) is 2. The molecule has 1 amide bonds. The van der Waals surface area contributed by atoms with Crippen molar-refractivity contribution in [2.75, 3.05) is 13.1 Å². The molecule has 98 valence electrons. The van der Waals surface area contributed by atoms with Crippen LogP contribution < -0.4 is 10.6 Å². The number of benzene rings is 1. The standard InChI is InChI=1S/C15H22N2O/c1-15(2,3)12-7-5-11(6-8-12)13-14(18)17-10-4-9-16-13/h5-8,13,16H,4,9-10H2,1-3H3,(H,17,18). The minimum absolute atomic E-state index is 0.0796. The molecular weight excluding hydrogens is 224 g/mol. The first-order valence-corrected chi connectivity index (χ1v) is 6.60. The van der Waals surface area contributed by atoms with E-state index in [1.807, 2.05) is 0 Å². The molecule has 0 spiro atoms. The summed E-state index contributed by atoms with van der Waals surface area (Å²) in [6.45, 7) is 8.22. The number of rotatable bonds is 1. The van der Waals surface area contributed by atoms with Crippen molar-refractivity contribution in [1.82, 2.24) is 10.6 Å². The Morgan fingerprint density at radius 1 is 1.11 bits per heavy atom. The lowest BCUT2D eigenvalue weighted by Gasteiger charge is -2.21. The van der Waals surface area contributed by atoms with E-state index in [0.717, 1.165) is 25.1 Å². The van der Waals surface area contributed by atoms with E-state index in [9.17, 15) is 4.79 Å². The monoisotopic (exact) mass is 246 g/mol. The molecule has 1 aliphatic heterocycles. The van der Waals surface area contributed by atoms with Crippen LogP contribution in [0.5, 0.6) is 0 Å². The van der Waals surface area contributed by atoms with Crippen LogP contribution in [0.25, 0.3) is 0 Å². The summed E-state index contributed by atoms with van der Waals surface area (Å²) in [7, 11) is 0. The lowest BCUT2D eigenvalue weighted by Crippen LogP contribution is -2.33. The summed E-state index contributed by atoms with van der Waals surface area (Å²) < 4.78 is 0.